The molecule has 0 heterocycles. The van der Waals surface area contributed by atoms with Gasteiger partial charge in [0.05, 0.1) is 11.3 Å². The van der Waals surface area contributed by atoms with E-state index in [9.17, 15) is 13.2 Å². The molecule has 1 rings (SSSR count). The molecule has 0 aliphatic carbocycles. The molecule has 0 aliphatic rings. The first kappa shape index (κ1) is 13.6. The number of rotatable bonds is 2. The molecule has 5 nitrogen and oxygen atoms in total. The molecular formula is C9H12O5S. The van der Waals surface area contributed by atoms with Crippen molar-refractivity contribution in [1.82, 2.24) is 0 Å². The number of carbonyl (C=O) groups is 1. The first-order valence-corrected chi connectivity index (χ1v) is 5.71. The number of carboxylic acid groups (broad SMARTS) is 1. The molecule has 6 heteroatoms. The van der Waals surface area contributed by atoms with Crippen LogP contribution >= 0.6 is 0 Å². The first-order chi connectivity index (χ1) is 6.87. The largest absolute Gasteiger partial charge is 0.478 e. The second kappa shape index (κ2) is 6.15. The van der Waals surface area contributed by atoms with E-state index in [0.717, 1.165) is 0 Å². The van der Waals surface area contributed by atoms with E-state index in [2.05, 4.69) is 0 Å². The molecule has 0 aromatic heterocycles. The molecule has 0 unspecified atom stereocenters. The van der Waals surface area contributed by atoms with E-state index < -0.39 is 16.1 Å². The van der Waals surface area contributed by atoms with E-state index in [1.165, 1.54) is 6.92 Å². The third-order valence-electron chi connectivity index (χ3n) is 1.39. The van der Waals surface area contributed by atoms with Gasteiger partial charge in [-0.2, -0.15) is 8.42 Å². The quantitative estimate of drug-likeness (QED) is 0.749. The van der Waals surface area contributed by atoms with Crippen LogP contribution in [0.4, 0.5) is 0 Å². The van der Waals surface area contributed by atoms with Crippen LogP contribution in [0.25, 0.3) is 0 Å². The maximum Gasteiger partial charge on any atom is 0.335 e. The van der Waals surface area contributed by atoms with Crippen LogP contribution in [0.3, 0.4) is 0 Å². The molecule has 2 N–H and O–H groups in total. The summed E-state index contributed by atoms with van der Waals surface area (Å²) in [5.41, 5.74) is 0.331. The van der Waals surface area contributed by atoms with Crippen LogP contribution < -0.4 is 0 Å². The van der Waals surface area contributed by atoms with E-state index in [1.54, 1.807) is 30.3 Å². The summed E-state index contributed by atoms with van der Waals surface area (Å²) >= 11 is 0. The molecule has 15 heavy (non-hydrogen) atoms. The minimum atomic E-state index is -3.66. The topological polar surface area (TPSA) is 91.7 Å². The van der Waals surface area contributed by atoms with Gasteiger partial charge in [-0.3, -0.25) is 4.55 Å². The molecule has 0 spiro atoms. The summed E-state index contributed by atoms with van der Waals surface area (Å²) in [6, 6.07) is 8.30. The highest BCUT2D eigenvalue weighted by atomic mass is 32.2. The van der Waals surface area contributed by atoms with Crippen molar-refractivity contribution in [1.29, 1.82) is 0 Å². The number of hydrogen-bond acceptors (Lipinski definition) is 3. The Bertz CT molecular complexity index is 396. The van der Waals surface area contributed by atoms with Crippen molar-refractivity contribution in [3.63, 3.8) is 0 Å². The minimum absolute atomic E-state index is 0.201. The van der Waals surface area contributed by atoms with Crippen LogP contribution in [0.1, 0.15) is 17.3 Å². The van der Waals surface area contributed by atoms with Gasteiger partial charge >= 0.3 is 5.97 Å². The van der Waals surface area contributed by atoms with Gasteiger partial charge in [0.15, 0.2) is 0 Å². The van der Waals surface area contributed by atoms with E-state index in [0.29, 0.717) is 5.56 Å². The molecule has 0 saturated heterocycles. The zero-order valence-corrected chi connectivity index (χ0v) is 8.94. The number of benzene rings is 1. The lowest BCUT2D eigenvalue weighted by atomic mass is 10.2. The number of carboxylic acids is 1. The molecule has 0 saturated carbocycles. The summed E-state index contributed by atoms with van der Waals surface area (Å²) < 4.78 is 26.9. The highest BCUT2D eigenvalue weighted by Gasteiger charge is 1.96. The van der Waals surface area contributed by atoms with Crippen molar-refractivity contribution in [2.45, 2.75) is 6.92 Å². The van der Waals surface area contributed by atoms with Crippen molar-refractivity contribution in [3.05, 3.63) is 35.9 Å². The monoisotopic (exact) mass is 232 g/mol. The fraction of sp³-hybridized carbons (Fsp3) is 0.222. The Morgan fingerprint density at radius 3 is 1.87 bits per heavy atom. The van der Waals surface area contributed by atoms with Gasteiger partial charge in [-0.15, -0.1) is 0 Å². The van der Waals surface area contributed by atoms with Gasteiger partial charge in [0, 0.05) is 0 Å². The summed E-state index contributed by atoms with van der Waals surface area (Å²) in [6.07, 6.45) is 0. The lowest BCUT2D eigenvalue weighted by molar-refractivity contribution is 0.0697. The van der Waals surface area contributed by atoms with Crippen LogP contribution in [0.5, 0.6) is 0 Å². The summed E-state index contributed by atoms with van der Waals surface area (Å²) in [6.45, 7) is 1.37. The SMILES string of the molecule is CCS(=O)(=O)O.O=C(O)c1ccccc1. The Kier molecular flexibility index (Phi) is 5.58. The van der Waals surface area contributed by atoms with Gasteiger partial charge in [-0.25, -0.2) is 4.79 Å². The Labute approximate surface area is 88.1 Å². The number of aromatic carboxylic acids is 1. The van der Waals surface area contributed by atoms with Crippen molar-refractivity contribution < 1.29 is 22.9 Å². The lowest BCUT2D eigenvalue weighted by Crippen LogP contribution is -1.97. The zero-order chi connectivity index (χ0) is 11.9. The Balaban J connectivity index is 0.000000288. The average Bonchev–Trinajstić information content (AvgIpc) is 2.19. The standard InChI is InChI=1S/C7H6O2.C2H6O3S/c8-7(9)6-4-2-1-3-5-6;1-2-6(3,4)5/h1-5H,(H,8,9);2H2,1H3,(H,3,4,5). The maximum absolute atomic E-state index is 10.2. The summed E-state index contributed by atoms with van der Waals surface area (Å²) in [5, 5.41) is 8.38. The molecular weight excluding hydrogens is 220 g/mol. The fourth-order valence-corrected chi connectivity index (χ4v) is 0.581. The van der Waals surface area contributed by atoms with Crippen LogP contribution in [-0.4, -0.2) is 29.8 Å². The van der Waals surface area contributed by atoms with Crippen LogP contribution in [0, 0.1) is 0 Å². The normalized spacial score (nSPS) is 10.0. The molecule has 0 fully saturated rings. The highest BCUT2D eigenvalue weighted by Crippen LogP contribution is 1.96. The number of hydrogen-bond donors (Lipinski definition) is 2. The lowest BCUT2D eigenvalue weighted by Gasteiger charge is -1.88. The third-order valence-corrected chi connectivity index (χ3v) is 2.12. The van der Waals surface area contributed by atoms with Gasteiger partial charge in [0.2, 0.25) is 0 Å². The third kappa shape index (κ3) is 7.65. The molecule has 0 radical (unpaired) electrons. The summed E-state index contributed by atoms with van der Waals surface area (Å²) in [5.74, 6) is -1.08. The Morgan fingerprint density at radius 1 is 1.27 bits per heavy atom. The van der Waals surface area contributed by atoms with Gasteiger partial charge in [-0.1, -0.05) is 18.2 Å². The highest BCUT2D eigenvalue weighted by molar-refractivity contribution is 7.85. The predicted molar refractivity (Wildman–Crippen MR) is 55.5 cm³/mol. The van der Waals surface area contributed by atoms with E-state index >= 15 is 0 Å². The molecule has 0 atom stereocenters. The van der Waals surface area contributed by atoms with Crippen LogP contribution in [-0.2, 0) is 10.1 Å². The van der Waals surface area contributed by atoms with Crippen molar-refractivity contribution in [3.8, 4) is 0 Å². The smallest absolute Gasteiger partial charge is 0.335 e. The van der Waals surface area contributed by atoms with Gasteiger partial charge < -0.3 is 5.11 Å². The van der Waals surface area contributed by atoms with Crippen LogP contribution in [0.2, 0.25) is 0 Å². The summed E-state index contributed by atoms with van der Waals surface area (Å²) in [4.78, 5) is 10.2. The van der Waals surface area contributed by atoms with E-state index in [1.807, 2.05) is 0 Å². The molecule has 84 valence electrons. The average molecular weight is 232 g/mol. The van der Waals surface area contributed by atoms with Crippen LogP contribution in [0.15, 0.2) is 30.3 Å². The Hall–Kier alpha value is -1.40. The molecule has 0 aliphatic heterocycles. The Morgan fingerprint density at radius 2 is 1.67 bits per heavy atom. The predicted octanol–water partition coefficient (Wildman–Crippen LogP) is 1.28. The van der Waals surface area contributed by atoms with Gasteiger partial charge in [-0.05, 0) is 19.1 Å². The molecule has 0 amide bonds. The van der Waals surface area contributed by atoms with Gasteiger partial charge in [0.1, 0.15) is 0 Å². The van der Waals surface area contributed by atoms with Crippen molar-refractivity contribution >= 4 is 16.1 Å². The molecule has 0 bridgehead atoms. The molecule has 1 aromatic carbocycles. The summed E-state index contributed by atoms with van der Waals surface area (Å²) in [7, 11) is -3.66. The molecule has 1 aromatic rings. The van der Waals surface area contributed by atoms with Crippen molar-refractivity contribution in [2.24, 2.45) is 0 Å². The first-order valence-electron chi connectivity index (χ1n) is 4.10. The zero-order valence-electron chi connectivity index (χ0n) is 8.12. The fourth-order valence-electron chi connectivity index (χ4n) is 0.581. The van der Waals surface area contributed by atoms with Crippen molar-refractivity contribution in [2.75, 3.05) is 5.75 Å². The minimum Gasteiger partial charge on any atom is -0.478 e. The maximum atomic E-state index is 10.2. The van der Waals surface area contributed by atoms with Gasteiger partial charge in [0.25, 0.3) is 10.1 Å². The second-order valence-electron chi connectivity index (χ2n) is 2.54. The van der Waals surface area contributed by atoms with E-state index in [-0.39, 0.29) is 5.75 Å². The second-order valence-corrected chi connectivity index (χ2v) is 4.28. The van der Waals surface area contributed by atoms with E-state index in [4.69, 9.17) is 9.66 Å².